The van der Waals surface area contributed by atoms with Crippen LogP contribution in [0.2, 0.25) is 0 Å². The Morgan fingerprint density at radius 3 is 3.05 bits per heavy atom. The molecule has 1 unspecified atom stereocenters. The Bertz CT molecular complexity index is 455. The van der Waals surface area contributed by atoms with E-state index in [2.05, 4.69) is 10.6 Å². The third-order valence-electron chi connectivity index (χ3n) is 3.16. The predicted molar refractivity (Wildman–Crippen MR) is 70.7 cm³/mol. The second kappa shape index (κ2) is 7.31. The minimum absolute atomic E-state index is 0.0877. The molecule has 0 bridgehead atoms. The molecule has 1 aliphatic heterocycles. The summed E-state index contributed by atoms with van der Waals surface area (Å²) in [4.78, 5) is 12.1. The van der Waals surface area contributed by atoms with Crippen molar-refractivity contribution in [1.29, 1.82) is 0 Å². The van der Waals surface area contributed by atoms with Gasteiger partial charge in [-0.15, -0.1) is 0 Å². The normalized spacial score (nSPS) is 17.9. The maximum absolute atomic E-state index is 12.1. The second-order valence-corrected chi connectivity index (χ2v) is 4.59. The summed E-state index contributed by atoms with van der Waals surface area (Å²) in [5, 5.41) is 5.86. The van der Waals surface area contributed by atoms with Crippen molar-refractivity contribution in [3.8, 4) is 0 Å². The van der Waals surface area contributed by atoms with Crippen molar-refractivity contribution >= 4 is 5.91 Å². The Morgan fingerprint density at radius 2 is 2.25 bits per heavy atom. The van der Waals surface area contributed by atoms with Crippen molar-refractivity contribution in [3.05, 3.63) is 35.4 Å². The van der Waals surface area contributed by atoms with Gasteiger partial charge in [0.15, 0.2) is 0 Å². The Kier molecular flexibility index (Phi) is 5.43. The zero-order valence-electron chi connectivity index (χ0n) is 11.1. The number of nitrogens with one attached hydrogen (secondary N) is 2. The van der Waals surface area contributed by atoms with Crippen molar-refractivity contribution in [2.75, 3.05) is 26.3 Å². The molecule has 6 heteroatoms. The molecule has 1 aromatic rings. The van der Waals surface area contributed by atoms with Gasteiger partial charge in [-0.3, -0.25) is 4.79 Å². The van der Waals surface area contributed by atoms with Gasteiger partial charge in [0.2, 0.25) is 5.91 Å². The van der Waals surface area contributed by atoms with Crippen LogP contribution in [0.3, 0.4) is 0 Å². The predicted octanol–water partition coefficient (Wildman–Crippen LogP) is 1.27. The summed E-state index contributed by atoms with van der Waals surface area (Å²) < 4.78 is 28.4. The third kappa shape index (κ3) is 3.98. The number of carbonyl (C=O) groups is 1. The molecular weight excluding hydrogens is 266 g/mol. The number of fused-ring (bicyclic) bond motifs is 1. The third-order valence-corrected chi connectivity index (χ3v) is 3.16. The summed E-state index contributed by atoms with van der Waals surface area (Å²) in [6.07, 6.45) is -1.57. The van der Waals surface area contributed by atoms with Gasteiger partial charge in [0.05, 0.1) is 6.61 Å². The average Bonchev–Trinajstić information content (AvgIpc) is 2.45. The molecule has 0 aromatic heterocycles. The van der Waals surface area contributed by atoms with E-state index in [-0.39, 0.29) is 25.1 Å². The van der Waals surface area contributed by atoms with Gasteiger partial charge in [-0.2, -0.15) is 0 Å². The summed E-state index contributed by atoms with van der Waals surface area (Å²) in [7, 11) is 0. The van der Waals surface area contributed by atoms with Crippen LogP contribution in [0.1, 0.15) is 17.2 Å². The van der Waals surface area contributed by atoms with Crippen LogP contribution >= 0.6 is 0 Å². The van der Waals surface area contributed by atoms with E-state index in [1.165, 1.54) is 5.56 Å². The highest BCUT2D eigenvalue weighted by molar-refractivity contribution is 5.83. The van der Waals surface area contributed by atoms with Crippen LogP contribution in [0.15, 0.2) is 24.3 Å². The lowest BCUT2D eigenvalue weighted by Gasteiger charge is -2.26. The molecule has 4 nitrogen and oxygen atoms in total. The van der Waals surface area contributed by atoms with Crippen LogP contribution < -0.4 is 10.6 Å². The van der Waals surface area contributed by atoms with Crippen molar-refractivity contribution in [3.63, 3.8) is 0 Å². The van der Waals surface area contributed by atoms with E-state index in [0.717, 1.165) is 18.5 Å². The van der Waals surface area contributed by atoms with Crippen LogP contribution in [0, 0.1) is 0 Å². The largest absolute Gasteiger partial charge is 0.374 e. The molecule has 1 amide bonds. The van der Waals surface area contributed by atoms with Gasteiger partial charge < -0.3 is 15.4 Å². The number of halogens is 2. The van der Waals surface area contributed by atoms with E-state index in [9.17, 15) is 13.6 Å². The smallest absolute Gasteiger partial charge is 0.261 e. The van der Waals surface area contributed by atoms with Gasteiger partial charge in [-0.05, 0) is 17.5 Å². The Hall–Kier alpha value is -1.53. The molecule has 1 aromatic carbocycles. The van der Waals surface area contributed by atoms with Crippen LogP contribution in [-0.4, -0.2) is 38.6 Å². The zero-order chi connectivity index (χ0) is 14.4. The number of hydrogen-bond acceptors (Lipinski definition) is 3. The summed E-state index contributed by atoms with van der Waals surface area (Å²) in [5.41, 5.74) is 2.14. The topological polar surface area (TPSA) is 50.4 Å². The van der Waals surface area contributed by atoms with Crippen LogP contribution in [0.5, 0.6) is 0 Å². The molecule has 0 saturated heterocycles. The van der Waals surface area contributed by atoms with Crippen molar-refractivity contribution in [1.82, 2.24) is 10.6 Å². The zero-order valence-corrected chi connectivity index (χ0v) is 11.1. The summed E-state index contributed by atoms with van der Waals surface area (Å²) in [6, 6.07) is 7.42. The highest BCUT2D eigenvalue weighted by atomic mass is 19.3. The van der Waals surface area contributed by atoms with Gasteiger partial charge in [0, 0.05) is 13.1 Å². The molecule has 2 N–H and O–H groups in total. The van der Waals surface area contributed by atoms with Crippen molar-refractivity contribution in [2.45, 2.75) is 18.9 Å². The summed E-state index contributed by atoms with van der Waals surface area (Å²) >= 11 is 0. The van der Waals surface area contributed by atoms with E-state index in [1.807, 2.05) is 24.3 Å². The molecule has 0 fully saturated rings. The van der Waals surface area contributed by atoms with E-state index in [1.54, 1.807) is 0 Å². The molecule has 110 valence electrons. The van der Waals surface area contributed by atoms with E-state index in [0.29, 0.717) is 0 Å². The minimum Gasteiger partial charge on any atom is -0.374 e. The Balaban J connectivity index is 1.82. The molecular formula is C14H18F2N2O2. The lowest BCUT2D eigenvalue weighted by Crippen LogP contribution is -2.42. The van der Waals surface area contributed by atoms with E-state index in [4.69, 9.17) is 4.74 Å². The highest BCUT2D eigenvalue weighted by Crippen LogP contribution is 2.22. The molecule has 1 aliphatic rings. The maximum Gasteiger partial charge on any atom is 0.261 e. The molecule has 2 rings (SSSR count). The average molecular weight is 284 g/mol. The number of carbonyl (C=O) groups excluding carboxylic acids is 1. The monoisotopic (exact) mass is 284 g/mol. The first-order valence-corrected chi connectivity index (χ1v) is 6.63. The number of alkyl halides is 2. The SMILES string of the molecule is O=C(NCCOCC(F)F)C1NCCc2ccccc21. The standard InChI is InChI=1S/C14H18F2N2O2/c15-12(16)9-20-8-7-18-14(19)13-11-4-2-1-3-10(11)5-6-17-13/h1-4,12-13,17H,5-9H2,(H,18,19). The number of amides is 1. The quantitative estimate of drug-likeness (QED) is 0.774. The van der Waals surface area contributed by atoms with E-state index < -0.39 is 13.0 Å². The fraction of sp³-hybridized carbons (Fsp3) is 0.500. The van der Waals surface area contributed by atoms with Crippen LogP contribution in [-0.2, 0) is 16.0 Å². The number of benzene rings is 1. The molecule has 0 saturated carbocycles. The molecule has 1 heterocycles. The van der Waals surface area contributed by atoms with Crippen molar-refractivity contribution < 1.29 is 18.3 Å². The van der Waals surface area contributed by atoms with Gasteiger partial charge in [-0.1, -0.05) is 24.3 Å². The number of hydrogen-bond donors (Lipinski definition) is 2. The van der Waals surface area contributed by atoms with Gasteiger partial charge in [0.1, 0.15) is 12.6 Å². The first-order valence-electron chi connectivity index (χ1n) is 6.63. The Morgan fingerprint density at radius 1 is 1.45 bits per heavy atom. The molecule has 20 heavy (non-hydrogen) atoms. The fourth-order valence-electron chi connectivity index (χ4n) is 2.26. The molecule has 0 aliphatic carbocycles. The minimum atomic E-state index is -2.47. The maximum atomic E-state index is 12.1. The van der Waals surface area contributed by atoms with Crippen LogP contribution in [0.4, 0.5) is 8.78 Å². The first kappa shape index (κ1) is 14.9. The fourth-order valence-corrected chi connectivity index (χ4v) is 2.26. The number of ether oxygens (including phenoxy) is 1. The molecule has 1 atom stereocenters. The lowest BCUT2D eigenvalue weighted by atomic mass is 9.94. The summed E-state index contributed by atoms with van der Waals surface area (Å²) in [6.45, 7) is 0.466. The molecule has 0 spiro atoms. The van der Waals surface area contributed by atoms with Gasteiger partial charge >= 0.3 is 0 Å². The molecule has 0 radical (unpaired) electrons. The second-order valence-electron chi connectivity index (χ2n) is 4.59. The van der Waals surface area contributed by atoms with Gasteiger partial charge in [0.25, 0.3) is 6.43 Å². The van der Waals surface area contributed by atoms with Gasteiger partial charge in [-0.25, -0.2) is 8.78 Å². The highest BCUT2D eigenvalue weighted by Gasteiger charge is 2.25. The lowest BCUT2D eigenvalue weighted by molar-refractivity contribution is -0.123. The first-order chi connectivity index (χ1) is 9.68. The van der Waals surface area contributed by atoms with Crippen molar-refractivity contribution in [2.24, 2.45) is 0 Å². The summed E-state index contributed by atoms with van der Waals surface area (Å²) in [5.74, 6) is -0.155. The van der Waals surface area contributed by atoms with Crippen LogP contribution in [0.25, 0.3) is 0 Å². The number of rotatable bonds is 6. The Labute approximate surface area is 116 Å². The van der Waals surface area contributed by atoms with E-state index >= 15 is 0 Å².